The molecule has 1 aromatic heterocycles. The Morgan fingerprint density at radius 2 is 1.29 bits per heavy atom. The minimum Gasteiger partial charge on any atom is -0.422 e. The van der Waals surface area contributed by atoms with Gasteiger partial charge in [0.1, 0.15) is 22.4 Å². The minimum atomic E-state index is -4.95. The van der Waals surface area contributed by atoms with Gasteiger partial charge in [-0.25, -0.2) is 18.6 Å². The number of aromatic nitrogens is 1. The molecule has 196 valence electrons. The van der Waals surface area contributed by atoms with Gasteiger partial charge in [0.2, 0.25) is 0 Å². The van der Waals surface area contributed by atoms with Gasteiger partial charge in [0.15, 0.2) is 0 Å². The highest BCUT2D eigenvalue weighted by Gasteiger charge is 2.37. The Balaban J connectivity index is 1.83. The number of carbonyl (C=O) groups is 1. The van der Waals surface area contributed by atoms with Crippen LogP contribution < -0.4 is 0 Å². The molecule has 0 aliphatic heterocycles. The molecule has 0 spiro atoms. The first-order valence-electron chi connectivity index (χ1n) is 10.5. The molecule has 38 heavy (non-hydrogen) atoms. The topological polar surface area (TPSA) is 39.2 Å². The van der Waals surface area contributed by atoms with Crippen molar-refractivity contribution in [3.8, 4) is 11.3 Å². The third-order valence-corrected chi connectivity index (χ3v) is 5.94. The van der Waals surface area contributed by atoms with Crippen LogP contribution >= 0.6 is 11.3 Å². The van der Waals surface area contributed by atoms with Crippen LogP contribution in [0.3, 0.4) is 0 Å². The average molecular weight is 555 g/mol. The van der Waals surface area contributed by atoms with Crippen molar-refractivity contribution in [3.05, 3.63) is 111 Å². The maximum absolute atomic E-state index is 14.2. The van der Waals surface area contributed by atoms with Gasteiger partial charge < -0.3 is 4.74 Å². The third-order valence-electron chi connectivity index (χ3n) is 5.15. The zero-order chi connectivity index (χ0) is 27.7. The number of carbonyl (C=O) groups excluding carboxylic acids is 1. The van der Waals surface area contributed by atoms with E-state index in [1.54, 1.807) is 0 Å². The molecule has 0 saturated carbocycles. The van der Waals surface area contributed by atoms with Gasteiger partial charge >= 0.3 is 18.3 Å². The highest BCUT2D eigenvalue weighted by Crippen LogP contribution is 2.38. The second-order valence-corrected chi connectivity index (χ2v) is 8.54. The number of esters is 1. The first kappa shape index (κ1) is 27.0. The number of nitrogens with zero attached hydrogens (tertiary/aromatic N) is 1. The Morgan fingerprint density at radius 1 is 0.763 bits per heavy atom. The highest BCUT2D eigenvalue weighted by atomic mass is 32.1. The van der Waals surface area contributed by atoms with Gasteiger partial charge in [-0.2, -0.15) is 26.3 Å². The molecular formula is C26H13F8NO2S. The van der Waals surface area contributed by atoms with Gasteiger partial charge in [0.05, 0.1) is 27.9 Å². The molecule has 3 nitrogen and oxygen atoms in total. The average Bonchev–Trinajstić information content (AvgIpc) is 3.30. The van der Waals surface area contributed by atoms with Gasteiger partial charge in [-0.3, -0.25) is 0 Å². The van der Waals surface area contributed by atoms with Crippen molar-refractivity contribution in [1.82, 2.24) is 4.98 Å². The number of halogens is 8. The van der Waals surface area contributed by atoms with Crippen molar-refractivity contribution in [2.75, 3.05) is 0 Å². The van der Waals surface area contributed by atoms with Crippen molar-refractivity contribution in [2.45, 2.75) is 12.4 Å². The normalized spacial score (nSPS) is 12.5. The molecule has 0 amide bonds. The second kappa shape index (κ2) is 10.4. The van der Waals surface area contributed by atoms with E-state index >= 15 is 0 Å². The molecule has 0 N–H and O–H groups in total. The molecule has 0 fully saturated rings. The van der Waals surface area contributed by atoms with Crippen LogP contribution in [0, 0.1) is 11.6 Å². The van der Waals surface area contributed by atoms with Crippen molar-refractivity contribution in [3.63, 3.8) is 0 Å². The van der Waals surface area contributed by atoms with E-state index in [1.165, 1.54) is 11.4 Å². The van der Waals surface area contributed by atoms with Crippen molar-refractivity contribution >= 4 is 29.1 Å². The van der Waals surface area contributed by atoms with Gasteiger partial charge in [-0.1, -0.05) is 36.4 Å². The molecule has 4 aromatic rings. The summed E-state index contributed by atoms with van der Waals surface area (Å²) in [5, 5.41) is 1.09. The van der Waals surface area contributed by atoms with Crippen LogP contribution in [-0.2, 0) is 17.1 Å². The predicted molar refractivity (Wildman–Crippen MR) is 124 cm³/mol. The molecule has 0 radical (unpaired) electrons. The van der Waals surface area contributed by atoms with E-state index in [0.29, 0.717) is 12.1 Å². The highest BCUT2D eigenvalue weighted by molar-refractivity contribution is 7.10. The van der Waals surface area contributed by atoms with Gasteiger partial charge in [-0.15, -0.1) is 11.3 Å². The van der Waals surface area contributed by atoms with Crippen LogP contribution in [0.15, 0.2) is 72.1 Å². The van der Waals surface area contributed by atoms with E-state index < -0.39 is 63.5 Å². The van der Waals surface area contributed by atoms with E-state index in [9.17, 15) is 39.9 Å². The number of ether oxygens (including phenoxy) is 1. The largest absolute Gasteiger partial charge is 0.422 e. The van der Waals surface area contributed by atoms with Gasteiger partial charge in [0, 0.05) is 17.0 Å². The van der Waals surface area contributed by atoms with Gasteiger partial charge in [0.25, 0.3) is 0 Å². The standard InChI is InChI=1S/C26H13F8NO2S/c27-18-10-5-11-19(28)23(18)20-13-38-22(35-20)12-21(14-6-1-3-8-16(14)25(29,30)31)37-24(36)15-7-2-4-9-17(15)26(32,33)34/h1-13H/b21-12-. The fraction of sp³-hybridized carbons (Fsp3) is 0.0769. The lowest BCUT2D eigenvalue weighted by Gasteiger charge is -2.17. The van der Waals surface area contributed by atoms with Crippen LogP contribution in [0.2, 0.25) is 0 Å². The summed E-state index contributed by atoms with van der Waals surface area (Å²) in [4.78, 5) is 16.8. The predicted octanol–water partition coefficient (Wildman–Crippen LogP) is 8.48. The molecule has 0 aliphatic rings. The lowest BCUT2D eigenvalue weighted by Crippen LogP contribution is -2.16. The number of hydrogen-bond donors (Lipinski definition) is 0. The quantitative estimate of drug-likeness (QED) is 0.141. The van der Waals surface area contributed by atoms with Crippen molar-refractivity contribution in [1.29, 1.82) is 0 Å². The molecule has 3 aromatic carbocycles. The van der Waals surface area contributed by atoms with E-state index in [4.69, 9.17) is 4.74 Å². The third kappa shape index (κ3) is 5.75. The minimum absolute atomic E-state index is 0.133. The molecule has 0 bridgehead atoms. The van der Waals surface area contributed by atoms with Gasteiger partial charge in [-0.05, 0) is 30.3 Å². The Bertz CT molecular complexity index is 1500. The summed E-state index contributed by atoms with van der Waals surface area (Å²) in [6, 6.07) is 10.7. The molecular weight excluding hydrogens is 542 g/mol. The van der Waals surface area contributed by atoms with Crippen LogP contribution in [-0.4, -0.2) is 11.0 Å². The summed E-state index contributed by atoms with van der Waals surface area (Å²) in [6.07, 6.45) is -8.99. The number of benzene rings is 3. The molecule has 0 aliphatic carbocycles. The molecule has 0 saturated heterocycles. The maximum Gasteiger partial charge on any atom is 0.417 e. The summed E-state index contributed by atoms with van der Waals surface area (Å²) >= 11 is 0.755. The summed E-state index contributed by atoms with van der Waals surface area (Å²) in [5.41, 5.74) is -4.85. The Hall–Kier alpha value is -4.06. The van der Waals surface area contributed by atoms with Crippen molar-refractivity contribution < 1.29 is 44.7 Å². The van der Waals surface area contributed by atoms with E-state index in [2.05, 4.69) is 4.98 Å². The smallest absolute Gasteiger partial charge is 0.417 e. The Labute approximate surface area is 213 Å². The summed E-state index contributed by atoms with van der Waals surface area (Å²) < 4.78 is 115. The lowest BCUT2D eigenvalue weighted by atomic mass is 10.0. The zero-order valence-corrected chi connectivity index (χ0v) is 19.5. The number of thiazole rings is 1. The zero-order valence-electron chi connectivity index (χ0n) is 18.7. The second-order valence-electron chi connectivity index (χ2n) is 7.65. The monoisotopic (exact) mass is 555 g/mol. The summed E-state index contributed by atoms with van der Waals surface area (Å²) in [6.45, 7) is 0. The van der Waals surface area contributed by atoms with Crippen molar-refractivity contribution in [2.24, 2.45) is 0 Å². The van der Waals surface area contributed by atoms with Crippen LogP contribution in [0.25, 0.3) is 23.1 Å². The maximum atomic E-state index is 14.2. The van der Waals surface area contributed by atoms with E-state index in [1.807, 2.05) is 0 Å². The molecule has 0 atom stereocenters. The lowest BCUT2D eigenvalue weighted by molar-refractivity contribution is -0.138. The number of alkyl halides is 6. The first-order chi connectivity index (χ1) is 17.9. The SMILES string of the molecule is O=C(O/C(=C\c1nc(-c2c(F)cccc2F)cs1)c1ccccc1C(F)(F)F)c1ccccc1C(F)(F)F. The number of hydrogen-bond acceptors (Lipinski definition) is 4. The summed E-state index contributed by atoms with van der Waals surface area (Å²) in [5.74, 6) is -4.22. The van der Waals surface area contributed by atoms with Crippen LogP contribution in [0.1, 0.15) is 32.1 Å². The van der Waals surface area contributed by atoms with Crippen LogP contribution in [0.5, 0.6) is 0 Å². The fourth-order valence-electron chi connectivity index (χ4n) is 3.49. The molecule has 0 unspecified atom stereocenters. The Morgan fingerprint density at radius 3 is 1.87 bits per heavy atom. The van der Waals surface area contributed by atoms with E-state index in [-0.39, 0.29) is 10.7 Å². The number of rotatable bonds is 5. The molecule has 12 heteroatoms. The Kier molecular flexibility index (Phi) is 7.36. The molecule has 1 heterocycles. The van der Waals surface area contributed by atoms with Crippen LogP contribution in [0.4, 0.5) is 35.1 Å². The molecule has 4 rings (SSSR count). The first-order valence-corrected chi connectivity index (χ1v) is 11.4. The summed E-state index contributed by atoms with van der Waals surface area (Å²) in [7, 11) is 0. The fourth-order valence-corrected chi connectivity index (χ4v) is 4.22. The van der Waals surface area contributed by atoms with E-state index in [0.717, 1.165) is 65.9 Å².